The van der Waals surface area contributed by atoms with Gasteiger partial charge in [0.2, 0.25) is 5.91 Å². The van der Waals surface area contributed by atoms with Crippen LogP contribution in [0.25, 0.3) is 0 Å². The van der Waals surface area contributed by atoms with E-state index in [1.54, 1.807) is 7.11 Å². The Hall–Kier alpha value is -1.55. The number of hydrogen-bond donors (Lipinski definition) is 1. The Morgan fingerprint density at radius 2 is 2.12 bits per heavy atom. The van der Waals surface area contributed by atoms with Crippen LogP contribution in [-0.2, 0) is 10.2 Å². The van der Waals surface area contributed by atoms with Crippen LogP contribution >= 0.6 is 0 Å². The Morgan fingerprint density at radius 1 is 1.33 bits per heavy atom. The summed E-state index contributed by atoms with van der Waals surface area (Å²) in [7, 11) is 3.69. The summed E-state index contributed by atoms with van der Waals surface area (Å²) >= 11 is 0. The number of likely N-dealkylation sites (tertiary alicyclic amines) is 1. The van der Waals surface area contributed by atoms with E-state index in [1.165, 1.54) is 6.42 Å². The average molecular weight is 330 g/mol. The molecule has 3 rings (SSSR count). The zero-order valence-corrected chi connectivity index (χ0v) is 15.0. The van der Waals surface area contributed by atoms with Crippen LogP contribution in [0.2, 0.25) is 0 Å². The van der Waals surface area contributed by atoms with Crippen LogP contribution in [0, 0.1) is 5.92 Å². The third-order valence-electron chi connectivity index (χ3n) is 5.79. The Balaban J connectivity index is 1.85. The predicted octanol–water partition coefficient (Wildman–Crippen LogP) is 2.97. The maximum absolute atomic E-state index is 13.5. The number of benzene rings is 1. The zero-order valence-electron chi connectivity index (χ0n) is 15.0. The average Bonchev–Trinajstić information content (AvgIpc) is 3.13. The van der Waals surface area contributed by atoms with Gasteiger partial charge in [-0.05, 0) is 62.9 Å². The number of piperidine rings is 1. The highest BCUT2D eigenvalue weighted by Crippen LogP contribution is 2.44. The first-order chi connectivity index (χ1) is 11.7. The molecule has 1 aliphatic carbocycles. The number of carbonyl (C=O) groups is 1. The SMILES string of the molecule is CNCC1CCCN(C(=O)C2(c3cccc(OC)c3)CCCC2)C1. The van der Waals surface area contributed by atoms with Gasteiger partial charge < -0.3 is 15.0 Å². The molecule has 2 fully saturated rings. The molecule has 1 N–H and O–H groups in total. The van der Waals surface area contributed by atoms with E-state index in [-0.39, 0.29) is 5.41 Å². The molecule has 1 atom stereocenters. The first-order valence-corrected chi connectivity index (χ1v) is 9.28. The van der Waals surface area contributed by atoms with E-state index in [1.807, 2.05) is 19.2 Å². The van der Waals surface area contributed by atoms with Crippen molar-refractivity contribution in [3.63, 3.8) is 0 Å². The minimum absolute atomic E-state index is 0.337. The van der Waals surface area contributed by atoms with Crippen molar-refractivity contribution < 1.29 is 9.53 Å². The molecule has 4 heteroatoms. The van der Waals surface area contributed by atoms with Gasteiger partial charge in [0.25, 0.3) is 0 Å². The van der Waals surface area contributed by atoms with Crippen molar-refractivity contribution in [3.05, 3.63) is 29.8 Å². The Morgan fingerprint density at radius 3 is 2.83 bits per heavy atom. The van der Waals surface area contributed by atoms with Gasteiger partial charge in [-0.2, -0.15) is 0 Å². The van der Waals surface area contributed by atoms with Crippen LogP contribution in [0.15, 0.2) is 24.3 Å². The molecule has 24 heavy (non-hydrogen) atoms. The molecule has 1 heterocycles. The molecule has 1 aromatic carbocycles. The second-order valence-electron chi connectivity index (χ2n) is 7.34. The lowest BCUT2D eigenvalue weighted by molar-refractivity contribution is -0.139. The molecule has 2 aliphatic rings. The smallest absolute Gasteiger partial charge is 0.233 e. The van der Waals surface area contributed by atoms with Gasteiger partial charge in [0.15, 0.2) is 0 Å². The molecular formula is C20H30N2O2. The number of amides is 1. The molecule has 1 saturated carbocycles. The minimum Gasteiger partial charge on any atom is -0.497 e. The van der Waals surface area contributed by atoms with Gasteiger partial charge in [0.05, 0.1) is 12.5 Å². The molecule has 1 aliphatic heterocycles. The minimum atomic E-state index is -0.337. The number of nitrogens with one attached hydrogen (secondary N) is 1. The Labute approximate surface area is 145 Å². The van der Waals surface area contributed by atoms with Crippen molar-refractivity contribution in [2.75, 3.05) is 33.8 Å². The normalized spacial score (nSPS) is 23.2. The van der Waals surface area contributed by atoms with Crippen molar-refractivity contribution in [3.8, 4) is 5.75 Å². The Bertz CT molecular complexity index is 565. The number of methoxy groups -OCH3 is 1. The predicted molar refractivity (Wildman–Crippen MR) is 96.4 cm³/mol. The fourth-order valence-electron chi connectivity index (χ4n) is 4.53. The fraction of sp³-hybridized carbons (Fsp3) is 0.650. The van der Waals surface area contributed by atoms with Crippen molar-refractivity contribution in [2.24, 2.45) is 5.92 Å². The maximum atomic E-state index is 13.5. The van der Waals surface area contributed by atoms with E-state index in [4.69, 9.17) is 4.74 Å². The van der Waals surface area contributed by atoms with Crippen molar-refractivity contribution in [1.29, 1.82) is 0 Å². The summed E-state index contributed by atoms with van der Waals surface area (Å²) < 4.78 is 5.40. The highest BCUT2D eigenvalue weighted by molar-refractivity contribution is 5.89. The zero-order chi connectivity index (χ0) is 17.0. The van der Waals surface area contributed by atoms with Crippen molar-refractivity contribution in [1.82, 2.24) is 10.2 Å². The quantitative estimate of drug-likeness (QED) is 0.902. The van der Waals surface area contributed by atoms with Crippen molar-refractivity contribution >= 4 is 5.91 Å². The van der Waals surface area contributed by atoms with Gasteiger partial charge in [0.1, 0.15) is 5.75 Å². The molecule has 0 radical (unpaired) electrons. The van der Waals surface area contributed by atoms with Crippen LogP contribution in [0.1, 0.15) is 44.1 Å². The molecule has 0 aromatic heterocycles. The Kier molecular flexibility index (Phi) is 5.44. The number of rotatable bonds is 5. The molecule has 4 nitrogen and oxygen atoms in total. The van der Waals surface area contributed by atoms with Gasteiger partial charge in [0, 0.05) is 13.1 Å². The van der Waals surface area contributed by atoms with E-state index in [0.29, 0.717) is 11.8 Å². The molecule has 1 saturated heterocycles. The van der Waals surface area contributed by atoms with Gasteiger partial charge in [-0.1, -0.05) is 25.0 Å². The summed E-state index contributed by atoms with van der Waals surface area (Å²) in [6.45, 7) is 2.80. The molecule has 1 amide bonds. The van der Waals surface area contributed by atoms with Crippen LogP contribution in [-0.4, -0.2) is 44.6 Å². The lowest BCUT2D eigenvalue weighted by Crippen LogP contribution is -2.50. The van der Waals surface area contributed by atoms with E-state index in [2.05, 4.69) is 22.3 Å². The summed E-state index contributed by atoms with van der Waals surface area (Å²) in [5, 5.41) is 3.27. The second-order valence-corrected chi connectivity index (χ2v) is 7.34. The first kappa shape index (κ1) is 17.3. The maximum Gasteiger partial charge on any atom is 0.233 e. The standard InChI is InChI=1S/C20H30N2O2/c1-21-14-16-7-6-12-22(15-16)19(23)20(10-3-4-11-20)17-8-5-9-18(13-17)24-2/h5,8-9,13,16,21H,3-4,6-7,10-12,14-15H2,1-2H3. The van der Waals surface area contributed by atoms with Crippen LogP contribution in [0.3, 0.4) is 0 Å². The largest absolute Gasteiger partial charge is 0.497 e. The van der Waals surface area contributed by atoms with E-state index in [9.17, 15) is 4.79 Å². The highest BCUT2D eigenvalue weighted by Gasteiger charge is 2.45. The molecule has 0 bridgehead atoms. The fourth-order valence-corrected chi connectivity index (χ4v) is 4.53. The van der Waals surface area contributed by atoms with E-state index >= 15 is 0 Å². The summed E-state index contributed by atoms with van der Waals surface area (Å²) in [5.41, 5.74) is 0.802. The molecule has 1 aromatic rings. The van der Waals surface area contributed by atoms with Crippen LogP contribution in [0.5, 0.6) is 5.75 Å². The topological polar surface area (TPSA) is 41.6 Å². The van der Waals surface area contributed by atoms with Crippen molar-refractivity contribution in [2.45, 2.75) is 43.9 Å². The van der Waals surface area contributed by atoms with E-state index < -0.39 is 0 Å². The number of carbonyl (C=O) groups excluding carboxylic acids is 1. The summed E-state index contributed by atoms with van der Waals surface area (Å²) in [6, 6.07) is 8.15. The summed E-state index contributed by atoms with van der Waals surface area (Å²) in [4.78, 5) is 15.7. The van der Waals surface area contributed by atoms with E-state index in [0.717, 1.165) is 63.1 Å². The molecule has 1 unspecified atom stereocenters. The lowest BCUT2D eigenvalue weighted by atomic mass is 9.77. The summed E-state index contributed by atoms with van der Waals surface area (Å²) in [6.07, 6.45) is 6.54. The van der Waals surface area contributed by atoms with Gasteiger partial charge >= 0.3 is 0 Å². The first-order valence-electron chi connectivity index (χ1n) is 9.28. The summed E-state index contributed by atoms with van der Waals surface area (Å²) in [5.74, 6) is 1.77. The lowest BCUT2D eigenvalue weighted by Gasteiger charge is -2.39. The number of nitrogens with zero attached hydrogens (tertiary/aromatic N) is 1. The van der Waals surface area contributed by atoms with Gasteiger partial charge in [-0.3, -0.25) is 4.79 Å². The van der Waals surface area contributed by atoms with Crippen LogP contribution < -0.4 is 10.1 Å². The molecular weight excluding hydrogens is 300 g/mol. The third kappa shape index (κ3) is 3.30. The van der Waals surface area contributed by atoms with Gasteiger partial charge in [-0.15, -0.1) is 0 Å². The highest BCUT2D eigenvalue weighted by atomic mass is 16.5. The van der Waals surface area contributed by atoms with Gasteiger partial charge in [-0.25, -0.2) is 0 Å². The third-order valence-corrected chi connectivity index (χ3v) is 5.79. The second kappa shape index (κ2) is 7.56. The number of hydrogen-bond acceptors (Lipinski definition) is 3. The molecule has 0 spiro atoms. The molecule has 132 valence electrons. The van der Waals surface area contributed by atoms with Crippen LogP contribution in [0.4, 0.5) is 0 Å². The monoisotopic (exact) mass is 330 g/mol. The number of ether oxygens (including phenoxy) is 1.